The number of rotatable bonds is 1. The Labute approximate surface area is 71.0 Å². The molecule has 0 aliphatic heterocycles. The summed E-state index contributed by atoms with van der Waals surface area (Å²) in [5.41, 5.74) is 2.68. The van der Waals surface area contributed by atoms with E-state index in [9.17, 15) is 4.79 Å². The first-order valence-corrected chi connectivity index (χ1v) is 3.76. The van der Waals surface area contributed by atoms with Crippen LogP contribution in [0.1, 0.15) is 11.1 Å². The van der Waals surface area contributed by atoms with Crippen LogP contribution < -0.4 is 0 Å². The Hall–Kier alpha value is -1.72. The van der Waals surface area contributed by atoms with Gasteiger partial charge in [0.1, 0.15) is 0 Å². The van der Waals surface area contributed by atoms with E-state index >= 15 is 0 Å². The number of allylic oxidation sites excluding steroid dienone is 3. The number of hydrogen-bond acceptors (Lipinski definition) is 1. The summed E-state index contributed by atoms with van der Waals surface area (Å²) >= 11 is 0. The topological polar surface area (TPSA) is 17.1 Å². The largest absolute Gasteiger partial charge is 0.240 e. The Bertz CT molecular complexity index is 372. The fourth-order valence-corrected chi connectivity index (χ4v) is 1.28. The Morgan fingerprint density at radius 3 is 2.92 bits per heavy atom. The van der Waals surface area contributed by atoms with Crippen molar-refractivity contribution in [2.24, 2.45) is 0 Å². The summed E-state index contributed by atoms with van der Waals surface area (Å²) in [6.45, 7) is 0. The third kappa shape index (κ3) is 0.969. The van der Waals surface area contributed by atoms with E-state index in [0.717, 1.165) is 17.4 Å². The maximum Gasteiger partial charge on any atom is 0.240 e. The van der Waals surface area contributed by atoms with Crippen LogP contribution in [0.5, 0.6) is 0 Å². The van der Waals surface area contributed by atoms with Crippen LogP contribution in [0.15, 0.2) is 30.3 Å². The van der Waals surface area contributed by atoms with E-state index in [1.54, 1.807) is 6.08 Å². The second-order valence-corrected chi connectivity index (χ2v) is 2.60. The number of carbonyl (C=O) groups is 1. The van der Waals surface area contributed by atoms with Crippen molar-refractivity contribution in [2.45, 2.75) is 0 Å². The smallest absolute Gasteiger partial charge is 0.238 e. The summed E-state index contributed by atoms with van der Waals surface area (Å²) in [4.78, 5) is 10.6. The molecule has 0 fully saturated rings. The number of benzene rings is 1. The quantitative estimate of drug-likeness (QED) is 0.448. The van der Waals surface area contributed by atoms with Crippen LogP contribution in [0.2, 0.25) is 0 Å². The summed E-state index contributed by atoms with van der Waals surface area (Å²) in [7, 11) is 0. The highest BCUT2D eigenvalue weighted by Gasteiger charge is 2.15. The van der Waals surface area contributed by atoms with Crippen molar-refractivity contribution in [3.8, 4) is 0 Å². The zero-order valence-electron chi connectivity index (χ0n) is 6.45. The molecule has 0 atom stereocenters. The molecule has 56 valence electrons. The lowest BCUT2D eigenvalue weighted by Gasteiger charge is -1.98. The van der Waals surface area contributed by atoms with Crippen LogP contribution in [0, 0.1) is 6.08 Å². The molecule has 1 aliphatic carbocycles. The van der Waals surface area contributed by atoms with Gasteiger partial charge in [-0.3, -0.25) is 0 Å². The van der Waals surface area contributed by atoms with Crippen LogP contribution in [-0.2, 0) is 4.79 Å². The molecule has 1 heteroatoms. The lowest BCUT2D eigenvalue weighted by Crippen LogP contribution is -1.92. The van der Waals surface area contributed by atoms with E-state index in [2.05, 4.69) is 6.08 Å². The summed E-state index contributed by atoms with van der Waals surface area (Å²) in [5, 5.41) is 0. The van der Waals surface area contributed by atoms with E-state index in [4.69, 9.17) is 0 Å². The molecule has 0 amide bonds. The molecule has 0 bridgehead atoms. The van der Waals surface area contributed by atoms with Crippen LogP contribution >= 0.6 is 0 Å². The number of fused-ring (bicyclic) bond motifs is 1. The van der Waals surface area contributed by atoms with Crippen LogP contribution in [-0.4, -0.2) is 6.29 Å². The maximum atomic E-state index is 10.6. The minimum Gasteiger partial charge on any atom is -0.238 e. The summed E-state index contributed by atoms with van der Waals surface area (Å²) in [6.07, 6.45) is 7.45. The Morgan fingerprint density at radius 1 is 1.25 bits per heavy atom. The molecule has 0 N–H and O–H groups in total. The second-order valence-electron chi connectivity index (χ2n) is 2.60. The molecule has 1 aromatic rings. The molecule has 0 radical (unpaired) electrons. The van der Waals surface area contributed by atoms with Crippen molar-refractivity contribution in [3.05, 3.63) is 47.5 Å². The standard InChI is InChI=1S/C11H7O/c12-8-10-6-3-5-9-4-1-2-7-11(9)10/h1-5,7-8H/q+1. The lowest BCUT2D eigenvalue weighted by molar-refractivity contribution is -0.103. The predicted molar refractivity (Wildman–Crippen MR) is 48.2 cm³/mol. The summed E-state index contributed by atoms with van der Waals surface area (Å²) in [5.74, 6) is 0. The van der Waals surface area contributed by atoms with Gasteiger partial charge in [-0.05, 0) is 12.1 Å². The highest BCUT2D eigenvalue weighted by molar-refractivity contribution is 6.08. The zero-order valence-corrected chi connectivity index (χ0v) is 6.45. The van der Waals surface area contributed by atoms with Gasteiger partial charge in [0, 0.05) is 12.2 Å². The van der Waals surface area contributed by atoms with Crippen molar-refractivity contribution >= 4 is 17.9 Å². The van der Waals surface area contributed by atoms with Crippen LogP contribution in [0.25, 0.3) is 11.6 Å². The van der Waals surface area contributed by atoms with Gasteiger partial charge >= 0.3 is 0 Å². The molecule has 1 aromatic carbocycles. The van der Waals surface area contributed by atoms with Gasteiger partial charge in [-0.1, -0.05) is 12.1 Å². The SMILES string of the molecule is O=CC1=[C+]C=Cc2ccccc21. The fourth-order valence-electron chi connectivity index (χ4n) is 1.28. The van der Waals surface area contributed by atoms with Gasteiger partial charge in [-0.15, -0.1) is 0 Å². The first kappa shape index (κ1) is 6.96. The van der Waals surface area contributed by atoms with Gasteiger partial charge in [-0.2, -0.15) is 0 Å². The molecular formula is C11H7O+. The zero-order chi connectivity index (χ0) is 8.39. The first-order chi connectivity index (χ1) is 5.92. The Balaban J connectivity index is 2.64. The van der Waals surface area contributed by atoms with Crippen molar-refractivity contribution < 1.29 is 4.79 Å². The molecule has 0 heterocycles. The van der Waals surface area contributed by atoms with Crippen LogP contribution in [0.3, 0.4) is 0 Å². The molecule has 0 aromatic heterocycles. The predicted octanol–water partition coefficient (Wildman–Crippen LogP) is 2.10. The average Bonchev–Trinajstić information content (AvgIpc) is 2.17. The van der Waals surface area contributed by atoms with Gasteiger partial charge in [0.25, 0.3) is 0 Å². The van der Waals surface area contributed by atoms with Gasteiger partial charge in [-0.25, -0.2) is 4.79 Å². The van der Waals surface area contributed by atoms with E-state index in [1.807, 2.05) is 30.3 Å². The molecule has 0 saturated heterocycles. The molecule has 1 nitrogen and oxygen atoms in total. The van der Waals surface area contributed by atoms with Gasteiger partial charge < -0.3 is 0 Å². The van der Waals surface area contributed by atoms with Gasteiger partial charge in [0.2, 0.25) is 6.29 Å². The first-order valence-electron chi connectivity index (χ1n) is 3.76. The Morgan fingerprint density at radius 2 is 2.08 bits per heavy atom. The van der Waals surface area contributed by atoms with Gasteiger partial charge in [0.15, 0.2) is 5.57 Å². The van der Waals surface area contributed by atoms with E-state index in [0.29, 0.717) is 5.57 Å². The van der Waals surface area contributed by atoms with Gasteiger partial charge in [0.05, 0.1) is 17.2 Å². The summed E-state index contributed by atoms with van der Waals surface area (Å²) in [6, 6.07) is 7.78. The molecule has 1 aliphatic rings. The van der Waals surface area contributed by atoms with Crippen molar-refractivity contribution in [1.82, 2.24) is 0 Å². The van der Waals surface area contributed by atoms with Crippen molar-refractivity contribution in [2.75, 3.05) is 0 Å². The highest BCUT2D eigenvalue weighted by atomic mass is 16.1. The molecule has 0 unspecified atom stereocenters. The monoisotopic (exact) mass is 155 g/mol. The molecular weight excluding hydrogens is 148 g/mol. The van der Waals surface area contributed by atoms with Crippen LogP contribution in [0.4, 0.5) is 0 Å². The average molecular weight is 155 g/mol. The fraction of sp³-hybridized carbons (Fsp3) is 0. The lowest BCUT2D eigenvalue weighted by atomic mass is 9.96. The number of aldehydes is 1. The normalized spacial score (nSPS) is 12.8. The minimum atomic E-state index is 0.633. The second kappa shape index (κ2) is 2.72. The third-order valence-corrected chi connectivity index (χ3v) is 1.87. The number of carbonyl (C=O) groups excluding carboxylic acids is 1. The maximum absolute atomic E-state index is 10.6. The molecule has 2 rings (SSSR count). The minimum absolute atomic E-state index is 0.633. The van der Waals surface area contributed by atoms with Crippen molar-refractivity contribution in [3.63, 3.8) is 0 Å². The highest BCUT2D eigenvalue weighted by Crippen LogP contribution is 2.22. The molecule has 12 heavy (non-hydrogen) atoms. The Kier molecular flexibility index (Phi) is 1.58. The molecule has 0 saturated carbocycles. The van der Waals surface area contributed by atoms with Crippen molar-refractivity contribution in [1.29, 1.82) is 0 Å². The number of hydrogen-bond donors (Lipinski definition) is 0. The van der Waals surface area contributed by atoms with E-state index < -0.39 is 0 Å². The molecule has 0 spiro atoms. The summed E-state index contributed by atoms with van der Waals surface area (Å²) < 4.78 is 0. The van der Waals surface area contributed by atoms with E-state index in [1.165, 1.54) is 0 Å². The third-order valence-electron chi connectivity index (χ3n) is 1.87. The van der Waals surface area contributed by atoms with E-state index in [-0.39, 0.29) is 0 Å².